The second kappa shape index (κ2) is 4.08. The van der Waals surface area contributed by atoms with Gasteiger partial charge in [0.1, 0.15) is 5.75 Å². The van der Waals surface area contributed by atoms with Crippen molar-refractivity contribution in [2.75, 3.05) is 5.73 Å². The molecule has 0 heterocycles. The summed E-state index contributed by atoms with van der Waals surface area (Å²) in [6.07, 6.45) is 0. The highest BCUT2D eigenvalue weighted by Gasteiger charge is 2.19. The first-order chi connectivity index (χ1) is 6.80. The summed E-state index contributed by atoms with van der Waals surface area (Å²) in [5.74, 6) is 0.241. The lowest BCUT2D eigenvalue weighted by Gasteiger charge is -2.13. The fourth-order valence-corrected chi connectivity index (χ4v) is 1.24. The van der Waals surface area contributed by atoms with E-state index in [1.807, 2.05) is 6.92 Å². The number of benzene rings is 1. The minimum atomic E-state index is -4.21. The summed E-state index contributed by atoms with van der Waals surface area (Å²) in [5.41, 5.74) is 5.56. The summed E-state index contributed by atoms with van der Waals surface area (Å²) in [7, 11) is -4.21. The molecule has 3 N–H and O–H groups in total. The standard InChI is InChI=1S/C9H13NO4S/c1-6-3-4-9(8(10)5-6)14-7(2)15(11,12)13/h3-5,7H,10H2,1-2H3,(H,11,12,13). The van der Waals surface area contributed by atoms with E-state index in [2.05, 4.69) is 0 Å². The molecular weight excluding hydrogens is 218 g/mol. The van der Waals surface area contributed by atoms with Crippen LogP contribution in [0.25, 0.3) is 0 Å². The molecule has 0 radical (unpaired) electrons. The predicted molar refractivity (Wildman–Crippen MR) is 57.2 cm³/mol. The molecule has 0 saturated heterocycles. The van der Waals surface area contributed by atoms with Crippen LogP contribution >= 0.6 is 0 Å². The average molecular weight is 231 g/mol. The Bertz CT molecular complexity index is 455. The van der Waals surface area contributed by atoms with Crippen LogP contribution in [0.15, 0.2) is 18.2 Å². The summed E-state index contributed by atoms with van der Waals surface area (Å²) in [5, 5.41) is 0. The van der Waals surface area contributed by atoms with Crippen LogP contribution in [0.3, 0.4) is 0 Å². The summed E-state index contributed by atoms with van der Waals surface area (Å²) >= 11 is 0. The van der Waals surface area contributed by atoms with Crippen molar-refractivity contribution >= 4 is 15.8 Å². The van der Waals surface area contributed by atoms with Gasteiger partial charge < -0.3 is 10.5 Å². The Morgan fingerprint density at radius 1 is 1.47 bits per heavy atom. The number of rotatable bonds is 3. The van der Waals surface area contributed by atoms with Gasteiger partial charge in [-0.05, 0) is 31.5 Å². The topological polar surface area (TPSA) is 89.6 Å². The fraction of sp³-hybridized carbons (Fsp3) is 0.333. The molecular formula is C9H13NO4S. The molecule has 15 heavy (non-hydrogen) atoms. The average Bonchev–Trinajstić information content (AvgIpc) is 2.08. The van der Waals surface area contributed by atoms with Gasteiger partial charge in [0.2, 0.25) is 5.44 Å². The molecule has 5 nitrogen and oxygen atoms in total. The van der Waals surface area contributed by atoms with Crippen LogP contribution in [-0.4, -0.2) is 18.4 Å². The van der Waals surface area contributed by atoms with Gasteiger partial charge in [0.15, 0.2) is 0 Å². The third kappa shape index (κ3) is 3.10. The van der Waals surface area contributed by atoms with Gasteiger partial charge in [0.25, 0.3) is 0 Å². The first-order valence-corrected chi connectivity index (χ1v) is 5.80. The molecule has 0 amide bonds. The van der Waals surface area contributed by atoms with Gasteiger partial charge in [-0.2, -0.15) is 8.42 Å². The van der Waals surface area contributed by atoms with Crippen LogP contribution in [-0.2, 0) is 10.1 Å². The van der Waals surface area contributed by atoms with E-state index in [0.29, 0.717) is 5.69 Å². The van der Waals surface area contributed by atoms with Gasteiger partial charge in [-0.15, -0.1) is 0 Å². The maximum absolute atomic E-state index is 10.7. The predicted octanol–water partition coefficient (Wildman–Crippen LogP) is 1.19. The van der Waals surface area contributed by atoms with Crippen LogP contribution in [0.1, 0.15) is 12.5 Å². The zero-order valence-corrected chi connectivity index (χ0v) is 9.28. The molecule has 0 bridgehead atoms. The Kier molecular flexibility index (Phi) is 3.21. The smallest absolute Gasteiger partial charge is 0.303 e. The molecule has 0 saturated carbocycles. The highest BCUT2D eigenvalue weighted by molar-refractivity contribution is 7.86. The van der Waals surface area contributed by atoms with E-state index in [0.717, 1.165) is 5.56 Å². The summed E-state index contributed by atoms with van der Waals surface area (Å²) in [6, 6.07) is 4.96. The minimum absolute atomic E-state index is 0.241. The Morgan fingerprint density at radius 2 is 2.07 bits per heavy atom. The van der Waals surface area contributed by atoms with E-state index in [1.165, 1.54) is 6.92 Å². The fourth-order valence-electron chi connectivity index (χ4n) is 1.01. The van der Waals surface area contributed by atoms with Crippen LogP contribution < -0.4 is 10.5 Å². The van der Waals surface area contributed by atoms with Crippen LogP contribution in [0, 0.1) is 6.92 Å². The van der Waals surface area contributed by atoms with Crippen molar-refractivity contribution < 1.29 is 17.7 Å². The minimum Gasteiger partial charge on any atom is -0.470 e. The Hall–Kier alpha value is -1.27. The lowest BCUT2D eigenvalue weighted by Crippen LogP contribution is -2.23. The zero-order valence-electron chi connectivity index (χ0n) is 8.47. The van der Waals surface area contributed by atoms with Gasteiger partial charge in [-0.3, -0.25) is 4.55 Å². The Balaban J connectivity index is 2.91. The van der Waals surface area contributed by atoms with Gasteiger partial charge in [0, 0.05) is 0 Å². The summed E-state index contributed by atoms with van der Waals surface area (Å²) < 4.78 is 35.1. The van der Waals surface area contributed by atoms with E-state index >= 15 is 0 Å². The second-order valence-electron chi connectivity index (χ2n) is 3.24. The number of aryl methyl sites for hydroxylation is 1. The molecule has 1 atom stereocenters. The van der Waals surface area contributed by atoms with Gasteiger partial charge in [0.05, 0.1) is 5.69 Å². The number of ether oxygens (including phenoxy) is 1. The van der Waals surface area contributed by atoms with E-state index < -0.39 is 15.6 Å². The van der Waals surface area contributed by atoms with Crippen molar-refractivity contribution in [2.24, 2.45) is 0 Å². The van der Waals surface area contributed by atoms with Crippen LogP contribution in [0.5, 0.6) is 5.75 Å². The van der Waals surface area contributed by atoms with Crippen molar-refractivity contribution in [3.05, 3.63) is 23.8 Å². The number of hydrogen-bond donors (Lipinski definition) is 2. The zero-order chi connectivity index (χ0) is 11.6. The largest absolute Gasteiger partial charge is 0.470 e. The molecule has 0 aromatic heterocycles. The summed E-state index contributed by atoms with van der Waals surface area (Å²) in [6.45, 7) is 3.08. The van der Waals surface area contributed by atoms with E-state index in [-0.39, 0.29) is 5.75 Å². The molecule has 0 aliphatic heterocycles. The van der Waals surface area contributed by atoms with Crippen LogP contribution in [0.4, 0.5) is 5.69 Å². The van der Waals surface area contributed by atoms with Crippen molar-refractivity contribution in [1.29, 1.82) is 0 Å². The normalized spacial score (nSPS) is 13.5. The lowest BCUT2D eigenvalue weighted by atomic mass is 10.2. The molecule has 84 valence electrons. The first-order valence-electron chi connectivity index (χ1n) is 4.30. The van der Waals surface area contributed by atoms with E-state index in [1.54, 1.807) is 18.2 Å². The maximum Gasteiger partial charge on any atom is 0.303 e. The van der Waals surface area contributed by atoms with Crippen molar-refractivity contribution in [3.63, 3.8) is 0 Å². The highest BCUT2D eigenvalue weighted by Crippen LogP contribution is 2.23. The van der Waals surface area contributed by atoms with Crippen LogP contribution in [0.2, 0.25) is 0 Å². The number of hydrogen-bond acceptors (Lipinski definition) is 4. The van der Waals surface area contributed by atoms with Gasteiger partial charge in [-0.25, -0.2) is 0 Å². The SMILES string of the molecule is Cc1ccc(OC(C)S(=O)(=O)O)c(N)c1. The number of anilines is 1. The Morgan fingerprint density at radius 3 is 2.53 bits per heavy atom. The molecule has 1 rings (SSSR count). The summed E-state index contributed by atoms with van der Waals surface area (Å²) in [4.78, 5) is 0. The molecule has 0 aliphatic carbocycles. The number of nitrogen functional groups attached to an aromatic ring is 1. The second-order valence-corrected chi connectivity index (χ2v) is 4.94. The van der Waals surface area contributed by atoms with Crippen molar-refractivity contribution in [3.8, 4) is 5.75 Å². The third-order valence-corrected chi connectivity index (χ3v) is 2.81. The molecule has 0 spiro atoms. The Labute approximate surface area is 88.6 Å². The molecule has 0 fully saturated rings. The van der Waals surface area contributed by atoms with E-state index in [9.17, 15) is 8.42 Å². The van der Waals surface area contributed by atoms with Crippen molar-refractivity contribution in [2.45, 2.75) is 19.3 Å². The number of nitrogens with two attached hydrogens (primary N) is 1. The monoisotopic (exact) mass is 231 g/mol. The van der Waals surface area contributed by atoms with Crippen molar-refractivity contribution in [1.82, 2.24) is 0 Å². The molecule has 1 aromatic carbocycles. The van der Waals surface area contributed by atoms with E-state index in [4.69, 9.17) is 15.0 Å². The molecule has 1 unspecified atom stereocenters. The molecule has 6 heteroatoms. The maximum atomic E-state index is 10.7. The van der Waals surface area contributed by atoms with Gasteiger partial charge in [-0.1, -0.05) is 6.07 Å². The highest BCUT2D eigenvalue weighted by atomic mass is 32.2. The first kappa shape index (κ1) is 11.8. The lowest BCUT2D eigenvalue weighted by molar-refractivity contribution is 0.276. The quantitative estimate of drug-likeness (QED) is 0.602. The van der Waals surface area contributed by atoms with Gasteiger partial charge >= 0.3 is 10.1 Å². The third-order valence-electron chi connectivity index (χ3n) is 1.88. The molecule has 1 aromatic rings. The molecule has 0 aliphatic rings.